The molecular formula is C28H27ClFNO4. The summed E-state index contributed by atoms with van der Waals surface area (Å²) in [4.78, 5) is 26.1. The monoisotopic (exact) mass is 495 g/mol. The topological polar surface area (TPSA) is 66.8 Å². The van der Waals surface area contributed by atoms with Crippen LogP contribution >= 0.6 is 11.6 Å². The van der Waals surface area contributed by atoms with Gasteiger partial charge in [0, 0.05) is 24.9 Å². The molecule has 0 saturated heterocycles. The zero-order valence-corrected chi connectivity index (χ0v) is 20.4. The third-order valence-corrected chi connectivity index (χ3v) is 6.62. The maximum Gasteiger partial charge on any atom is 0.323 e. The first kappa shape index (κ1) is 24.7. The molecule has 1 heterocycles. The molecule has 0 spiro atoms. The number of carboxylic acid groups (broad SMARTS) is 1. The number of fused-ring (bicyclic) bond motifs is 1. The van der Waals surface area contributed by atoms with Gasteiger partial charge in [-0.3, -0.25) is 9.59 Å². The van der Waals surface area contributed by atoms with E-state index in [9.17, 15) is 19.1 Å². The maximum atomic E-state index is 13.9. The number of aliphatic carboxylic acids is 1. The van der Waals surface area contributed by atoms with Crippen molar-refractivity contribution in [2.45, 2.75) is 38.7 Å². The van der Waals surface area contributed by atoms with Crippen molar-refractivity contribution >= 4 is 23.5 Å². The highest BCUT2D eigenvalue weighted by Gasteiger charge is 2.36. The van der Waals surface area contributed by atoms with Gasteiger partial charge < -0.3 is 14.7 Å². The number of amides is 1. The fourth-order valence-corrected chi connectivity index (χ4v) is 4.70. The SMILES string of the molecule is Cc1ccccc1CCN(CC(=O)O)C(=O)c1ccc2c(c1)CC(C)(Cc1ccc(Cl)c(F)c1)O2. The number of rotatable bonds is 8. The number of carbonyl (C=O) groups is 2. The Kier molecular flexibility index (Phi) is 7.13. The molecule has 1 aliphatic rings. The van der Waals surface area contributed by atoms with Crippen molar-refractivity contribution in [1.29, 1.82) is 0 Å². The smallest absolute Gasteiger partial charge is 0.323 e. The Labute approximate surface area is 209 Å². The second-order valence-electron chi connectivity index (χ2n) is 9.27. The van der Waals surface area contributed by atoms with Crippen molar-refractivity contribution in [3.05, 3.63) is 99.3 Å². The Morgan fingerprint density at radius 2 is 1.91 bits per heavy atom. The van der Waals surface area contributed by atoms with Crippen molar-refractivity contribution in [1.82, 2.24) is 4.90 Å². The van der Waals surface area contributed by atoms with Crippen LogP contribution in [-0.2, 0) is 24.1 Å². The van der Waals surface area contributed by atoms with Crippen molar-refractivity contribution in [2.24, 2.45) is 0 Å². The zero-order valence-electron chi connectivity index (χ0n) is 19.7. The summed E-state index contributed by atoms with van der Waals surface area (Å²) in [5.41, 5.74) is 3.62. The molecule has 0 aliphatic carbocycles. The van der Waals surface area contributed by atoms with E-state index in [2.05, 4.69) is 0 Å². The lowest BCUT2D eigenvalue weighted by Crippen LogP contribution is -2.37. The number of halogens is 2. The average Bonchev–Trinajstić information content (AvgIpc) is 3.14. The molecule has 1 N–H and O–H groups in total. The van der Waals surface area contributed by atoms with Crippen molar-refractivity contribution in [2.75, 3.05) is 13.1 Å². The quantitative estimate of drug-likeness (QED) is 0.448. The van der Waals surface area contributed by atoms with Gasteiger partial charge in [0.25, 0.3) is 5.91 Å². The minimum Gasteiger partial charge on any atom is -0.487 e. The first-order valence-electron chi connectivity index (χ1n) is 11.4. The van der Waals surface area contributed by atoms with Crippen LogP contribution in [0.1, 0.15) is 39.5 Å². The van der Waals surface area contributed by atoms with Crippen LogP contribution in [0.3, 0.4) is 0 Å². The minimum atomic E-state index is -1.06. The van der Waals surface area contributed by atoms with Crippen molar-refractivity contribution in [3.8, 4) is 5.75 Å². The molecule has 3 aromatic rings. The van der Waals surface area contributed by atoms with Crippen LogP contribution in [0.2, 0.25) is 5.02 Å². The predicted molar refractivity (Wildman–Crippen MR) is 133 cm³/mol. The summed E-state index contributed by atoms with van der Waals surface area (Å²) in [5, 5.41) is 9.46. The Morgan fingerprint density at radius 3 is 2.63 bits per heavy atom. The fourth-order valence-electron chi connectivity index (χ4n) is 4.58. The molecular weight excluding hydrogens is 469 g/mol. The molecule has 7 heteroatoms. The first-order valence-corrected chi connectivity index (χ1v) is 11.8. The van der Waals surface area contributed by atoms with Crippen LogP contribution in [0.25, 0.3) is 0 Å². The highest BCUT2D eigenvalue weighted by molar-refractivity contribution is 6.30. The summed E-state index contributed by atoms with van der Waals surface area (Å²) in [7, 11) is 0. The summed E-state index contributed by atoms with van der Waals surface area (Å²) < 4.78 is 20.1. The Morgan fingerprint density at radius 1 is 1.14 bits per heavy atom. The van der Waals surface area contributed by atoms with Gasteiger partial charge in [-0.15, -0.1) is 0 Å². The van der Waals surface area contributed by atoms with E-state index in [4.69, 9.17) is 16.3 Å². The van der Waals surface area contributed by atoms with Crippen LogP contribution in [0.4, 0.5) is 4.39 Å². The van der Waals surface area contributed by atoms with Gasteiger partial charge in [-0.1, -0.05) is 41.9 Å². The van der Waals surface area contributed by atoms with Crippen molar-refractivity contribution < 1.29 is 23.8 Å². The molecule has 1 atom stereocenters. The standard InChI is InChI=1S/C28H27ClFNO4/c1-18-5-3-4-6-20(18)11-12-31(17-26(32)33)27(34)21-8-10-25-22(14-21)16-28(2,35-25)15-19-7-9-23(29)24(30)13-19/h3-10,13-14H,11-12,15-17H2,1-2H3,(H,32,33). The van der Waals surface area contributed by atoms with E-state index in [1.807, 2.05) is 38.1 Å². The molecule has 0 bridgehead atoms. The number of hydrogen-bond acceptors (Lipinski definition) is 3. The third kappa shape index (κ3) is 5.82. The molecule has 0 saturated carbocycles. The van der Waals surface area contributed by atoms with Gasteiger partial charge in [0.05, 0.1) is 5.02 Å². The van der Waals surface area contributed by atoms with E-state index in [0.29, 0.717) is 37.1 Å². The Balaban J connectivity index is 1.49. The molecule has 0 fully saturated rings. The van der Waals surface area contributed by atoms with Crippen molar-refractivity contribution in [3.63, 3.8) is 0 Å². The molecule has 5 nitrogen and oxygen atoms in total. The summed E-state index contributed by atoms with van der Waals surface area (Å²) in [6, 6.07) is 17.8. The van der Waals surface area contributed by atoms with Gasteiger partial charge in [-0.2, -0.15) is 0 Å². The Bertz CT molecular complexity index is 1280. The summed E-state index contributed by atoms with van der Waals surface area (Å²) in [6.07, 6.45) is 1.58. The minimum absolute atomic E-state index is 0.0750. The number of carboxylic acids is 1. The summed E-state index contributed by atoms with van der Waals surface area (Å²) in [6.45, 7) is 3.86. The number of benzene rings is 3. The maximum absolute atomic E-state index is 13.9. The molecule has 182 valence electrons. The van der Waals surface area contributed by atoms with Crippen LogP contribution in [0, 0.1) is 12.7 Å². The number of carbonyl (C=O) groups excluding carboxylic acids is 1. The van der Waals surface area contributed by atoms with Crippen LogP contribution in [0.15, 0.2) is 60.7 Å². The van der Waals surface area contributed by atoms with Gasteiger partial charge in [0.1, 0.15) is 23.7 Å². The molecule has 1 amide bonds. The lowest BCUT2D eigenvalue weighted by Gasteiger charge is -2.24. The molecule has 0 radical (unpaired) electrons. The number of hydrogen-bond donors (Lipinski definition) is 1. The molecule has 4 rings (SSSR count). The summed E-state index contributed by atoms with van der Waals surface area (Å²) >= 11 is 5.80. The molecule has 35 heavy (non-hydrogen) atoms. The summed E-state index contributed by atoms with van der Waals surface area (Å²) in [5.74, 6) is -1.20. The third-order valence-electron chi connectivity index (χ3n) is 6.32. The van der Waals surface area contributed by atoms with Gasteiger partial charge in [-0.05, 0) is 72.9 Å². The van der Waals surface area contributed by atoms with E-state index in [-0.39, 0.29) is 17.5 Å². The average molecular weight is 496 g/mol. The number of nitrogens with zero attached hydrogens (tertiary/aromatic N) is 1. The lowest BCUT2D eigenvalue weighted by atomic mass is 9.91. The normalized spacial score (nSPS) is 16.5. The lowest BCUT2D eigenvalue weighted by molar-refractivity contribution is -0.137. The number of aryl methyl sites for hydroxylation is 1. The largest absolute Gasteiger partial charge is 0.487 e. The molecule has 1 unspecified atom stereocenters. The molecule has 3 aromatic carbocycles. The van der Waals surface area contributed by atoms with E-state index < -0.39 is 17.4 Å². The highest BCUT2D eigenvalue weighted by atomic mass is 35.5. The highest BCUT2D eigenvalue weighted by Crippen LogP contribution is 2.38. The van der Waals surface area contributed by atoms with Gasteiger partial charge >= 0.3 is 5.97 Å². The second-order valence-corrected chi connectivity index (χ2v) is 9.68. The molecule has 1 aliphatic heterocycles. The zero-order chi connectivity index (χ0) is 25.2. The van der Waals surface area contributed by atoms with E-state index >= 15 is 0 Å². The van der Waals surface area contributed by atoms with E-state index in [0.717, 1.165) is 22.3 Å². The molecule has 0 aromatic heterocycles. The van der Waals surface area contributed by atoms with E-state index in [1.165, 1.54) is 17.0 Å². The van der Waals surface area contributed by atoms with Gasteiger partial charge in [0.15, 0.2) is 0 Å². The second kappa shape index (κ2) is 10.1. The number of ether oxygens (including phenoxy) is 1. The van der Waals surface area contributed by atoms with Crippen LogP contribution in [0.5, 0.6) is 5.75 Å². The van der Waals surface area contributed by atoms with Crippen LogP contribution < -0.4 is 4.74 Å². The predicted octanol–water partition coefficient (Wildman–Crippen LogP) is 5.49. The van der Waals surface area contributed by atoms with Gasteiger partial charge in [-0.25, -0.2) is 4.39 Å². The fraction of sp³-hybridized carbons (Fsp3) is 0.286. The van der Waals surface area contributed by atoms with Crippen LogP contribution in [-0.4, -0.2) is 40.6 Å². The van der Waals surface area contributed by atoms with Gasteiger partial charge in [0.2, 0.25) is 0 Å². The van der Waals surface area contributed by atoms with E-state index in [1.54, 1.807) is 24.3 Å². The Hall–Kier alpha value is -3.38. The first-order chi connectivity index (χ1) is 16.6.